The molecule has 1 saturated carbocycles. The normalized spacial score (nSPS) is 31.1. The Kier molecular flexibility index (Phi) is 4.09. The average Bonchev–Trinajstić information content (AvgIpc) is 3.30. The highest BCUT2D eigenvalue weighted by atomic mass is 16.6. The van der Waals surface area contributed by atoms with Gasteiger partial charge < -0.3 is 25.4 Å². The third-order valence-electron chi connectivity index (χ3n) is 4.85. The topological polar surface area (TPSA) is 126 Å². The summed E-state index contributed by atoms with van der Waals surface area (Å²) >= 11 is 0. The van der Waals surface area contributed by atoms with Crippen molar-refractivity contribution in [1.82, 2.24) is 19.5 Å². The fraction of sp³-hybridized carbons (Fsp3) is 0.667. The van der Waals surface area contributed by atoms with Crippen LogP contribution in [0.4, 0.5) is 5.82 Å². The maximum atomic E-state index is 10.2. The third-order valence-corrected chi connectivity index (χ3v) is 4.85. The molecule has 4 rings (SSSR count). The molecule has 4 N–H and O–H groups in total. The Morgan fingerprint density at radius 1 is 1.17 bits per heavy atom. The van der Waals surface area contributed by atoms with Gasteiger partial charge >= 0.3 is 0 Å². The van der Waals surface area contributed by atoms with Gasteiger partial charge in [-0.3, -0.25) is 4.57 Å². The lowest BCUT2D eigenvalue weighted by molar-refractivity contribution is -0.0511. The first-order chi connectivity index (χ1) is 11.7. The number of aromatic nitrogens is 4. The van der Waals surface area contributed by atoms with E-state index in [0.29, 0.717) is 23.0 Å². The predicted octanol–water partition coefficient (Wildman–Crippen LogP) is -0.208. The minimum atomic E-state index is -1.17. The van der Waals surface area contributed by atoms with Gasteiger partial charge in [-0.25, -0.2) is 15.0 Å². The van der Waals surface area contributed by atoms with Crippen LogP contribution in [0, 0.1) is 0 Å². The molecular weight excluding hydrogens is 314 g/mol. The van der Waals surface area contributed by atoms with Crippen LogP contribution < -0.4 is 5.32 Å². The number of ether oxygens (including phenoxy) is 1. The largest absolute Gasteiger partial charge is 0.394 e. The number of nitrogens with zero attached hydrogens (tertiary/aromatic N) is 4. The lowest BCUT2D eigenvalue weighted by Gasteiger charge is -2.17. The number of fused-ring (bicyclic) bond motifs is 1. The second kappa shape index (κ2) is 6.25. The molecule has 1 aliphatic carbocycles. The van der Waals surface area contributed by atoms with E-state index in [9.17, 15) is 15.3 Å². The number of nitrogens with one attached hydrogen (secondary N) is 1. The van der Waals surface area contributed by atoms with Gasteiger partial charge in [-0.05, 0) is 12.8 Å². The zero-order chi connectivity index (χ0) is 16.7. The zero-order valence-electron chi connectivity index (χ0n) is 13.1. The minimum Gasteiger partial charge on any atom is -0.394 e. The van der Waals surface area contributed by atoms with Gasteiger partial charge in [0.05, 0.1) is 12.9 Å². The average molecular weight is 335 g/mol. The number of aliphatic hydroxyl groups is 3. The van der Waals surface area contributed by atoms with E-state index in [0.717, 1.165) is 12.8 Å². The molecule has 2 aliphatic rings. The first-order valence-electron chi connectivity index (χ1n) is 8.25. The van der Waals surface area contributed by atoms with Crippen LogP contribution in [-0.2, 0) is 4.74 Å². The molecule has 0 spiro atoms. The summed E-state index contributed by atoms with van der Waals surface area (Å²) in [6, 6.07) is 0.391. The molecule has 1 aliphatic heterocycles. The van der Waals surface area contributed by atoms with Crippen molar-refractivity contribution in [2.45, 2.75) is 56.3 Å². The Balaban J connectivity index is 1.65. The molecule has 2 aromatic rings. The summed E-state index contributed by atoms with van der Waals surface area (Å²) < 4.78 is 7.12. The first kappa shape index (κ1) is 15.7. The fourth-order valence-electron chi connectivity index (χ4n) is 3.52. The van der Waals surface area contributed by atoms with Crippen LogP contribution in [-0.4, -0.2) is 65.8 Å². The second-order valence-electron chi connectivity index (χ2n) is 6.40. The number of aliphatic hydroxyl groups excluding tert-OH is 3. The fourth-order valence-corrected chi connectivity index (χ4v) is 3.52. The molecule has 0 aromatic carbocycles. The van der Waals surface area contributed by atoms with Gasteiger partial charge in [-0.2, -0.15) is 0 Å². The van der Waals surface area contributed by atoms with Crippen LogP contribution in [0.3, 0.4) is 0 Å². The van der Waals surface area contributed by atoms with E-state index in [2.05, 4.69) is 20.3 Å². The standard InChI is InChI=1S/C15H21N5O4/c21-5-9-11(22)12(23)15(24-9)20-7-18-10-13(16-6-17-14(10)20)19-8-3-1-2-4-8/h6-9,11-12,15,21-23H,1-5H2,(H,16,17,19)/t9-,11+,12+,15-/m0/s1. The zero-order valence-corrected chi connectivity index (χ0v) is 13.1. The number of hydrogen-bond acceptors (Lipinski definition) is 8. The van der Waals surface area contributed by atoms with Crippen molar-refractivity contribution >= 4 is 17.0 Å². The number of anilines is 1. The molecule has 0 unspecified atom stereocenters. The highest BCUT2D eigenvalue weighted by Crippen LogP contribution is 2.32. The predicted molar refractivity (Wildman–Crippen MR) is 84.2 cm³/mol. The lowest BCUT2D eigenvalue weighted by Crippen LogP contribution is -2.33. The molecule has 130 valence electrons. The van der Waals surface area contributed by atoms with Crippen molar-refractivity contribution in [3.63, 3.8) is 0 Å². The molecule has 9 heteroatoms. The Morgan fingerprint density at radius 2 is 1.96 bits per heavy atom. The lowest BCUT2D eigenvalue weighted by atomic mass is 10.1. The summed E-state index contributed by atoms with van der Waals surface area (Å²) in [7, 11) is 0. The Bertz CT molecular complexity index is 717. The van der Waals surface area contributed by atoms with Gasteiger partial charge in [0.15, 0.2) is 23.2 Å². The molecule has 0 amide bonds. The van der Waals surface area contributed by atoms with Crippen LogP contribution in [0.2, 0.25) is 0 Å². The van der Waals surface area contributed by atoms with Gasteiger partial charge in [0, 0.05) is 6.04 Å². The second-order valence-corrected chi connectivity index (χ2v) is 6.40. The Morgan fingerprint density at radius 3 is 2.67 bits per heavy atom. The maximum Gasteiger partial charge on any atom is 0.167 e. The van der Waals surface area contributed by atoms with Crippen molar-refractivity contribution in [1.29, 1.82) is 0 Å². The number of imidazole rings is 1. The van der Waals surface area contributed by atoms with E-state index in [1.807, 2.05) is 0 Å². The van der Waals surface area contributed by atoms with Crippen LogP contribution in [0.5, 0.6) is 0 Å². The van der Waals surface area contributed by atoms with Gasteiger partial charge in [0.2, 0.25) is 0 Å². The quantitative estimate of drug-likeness (QED) is 0.605. The summed E-state index contributed by atoms with van der Waals surface area (Å²) in [5.41, 5.74) is 1.11. The molecule has 0 bridgehead atoms. The summed E-state index contributed by atoms with van der Waals surface area (Å²) in [4.78, 5) is 12.9. The molecule has 3 heterocycles. The third kappa shape index (κ3) is 2.53. The smallest absolute Gasteiger partial charge is 0.167 e. The van der Waals surface area contributed by atoms with Crippen LogP contribution >= 0.6 is 0 Å². The summed E-state index contributed by atoms with van der Waals surface area (Å²) in [6.45, 7) is -0.370. The molecule has 2 aromatic heterocycles. The molecule has 2 fully saturated rings. The molecule has 9 nitrogen and oxygen atoms in total. The number of rotatable bonds is 4. The molecule has 24 heavy (non-hydrogen) atoms. The van der Waals surface area contributed by atoms with E-state index < -0.39 is 24.5 Å². The van der Waals surface area contributed by atoms with Crippen molar-refractivity contribution in [3.8, 4) is 0 Å². The van der Waals surface area contributed by atoms with E-state index in [4.69, 9.17) is 4.74 Å². The maximum absolute atomic E-state index is 10.2. The molecule has 4 atom stereocenters. The van der Waals surface area contributed by atoms with E-state index in [1.54, 1.807) is 4.57 Å². The van der Waals surface area contributed by atoms with Crippen LogP contribution in [0.25, 0.3) is 11.2 Å². The monoisotopic (exact) mass is 335 g/mol. The highest BCUT2D eigenvalue weighted by Gasteiger charge is 2.44. The number of hydrogen-bond donors (Lipinski definition) is 4. The van der Waals surface area contributed by atoms with Crippen molar-refractivity contribution in [2.24, 2.45) is 0 Å². The van der Waals surface area contributed by atoms with E-state index >= 15 is 0 Å². The Labute approximate surface area is 138 Å². The van der Waals surface area contributed by atoms with Crippen molar-refractivity contribution in [2.75, 3.05) is 11.9 Å². The minimum absolute atomic E-state index is 0.370. The van der Waals surface area contributed by atoms with Crippen LogP contribution in [0.15, 0.2) is 12.7 Å². The summed E-state index contributed by atoms with van der Waals surface area (Å²) in [5, 5.41) is 32.8. The van der Waals surface area contributed by atoms with Crippen molar-refractivity contribution < 1.29 is 20.1 Å². The molecule has 1 saturated heterocycles. The van der Waals surface area contributed by atoms with Gasteiger partial charge in [-0.15, -0.1) is 0 Å². The van der Waals surface area contributed by atoms with Crippen molar-refractivity contribution in [3.05, 3.63) is 12.7 Å². The first-order valence-corrected chi connectivity index (χ1v) is 8.25. The summed E-state index contributed by atoms with van der Waals surface area (Å²) in [6.07, 6.45) is 3.60. The highest BCUT2D eigenvalue weighted by molar-refractivity contribution is 5.82. The SMILES string of the molecule is OC[C@@H]1O[C@H](n2cnc3c(NC4CCCC4)ncnc32)[C@H](O)[C@@H]1O. The van der Waals surface area contributed by atoms with E-state index in [1.165, 1.54) is 25.5 Å². The Hall–Kier alpha value is -1.81. The molecular formula is C15H21N5O4. The van der Waals surface area contributed by atoms with Gasteiger partial charge in [-0.1, -0.05) is 12.8 Å². The van der Waals surface area contributed by atoms with E-state index in [-0.39, 0.29) is 6.61 Å². The summed E-state index contributed by atoms with van der Waals surface area (Å²) in [5.74, 6) is 0.664. The molecule has 0 radical (unpaired) electrons. The van der Waals surface area contributed by atoms with Gasteiger partial charge in [0.25, 0.3) is 0 Å². The van der Waals surface area contributed by atoms with Gasteiger partial charge in [0.1, 0.15) is 24.6 Å². The van der Waals surface area contributed by atoms with Crippen LogP contribution in [0.1, 0.15) is 31.9 Å².